The lowest BCUT2D eigenvalue weighted by atomic mass is 10.0. The summed E-state index contributed by atoms with van der Waals surface area (Å²) in [6, 6.07) is 0.530. The average Bonchev–Trinajstić information content (AvgIpc) is 2.49. The van der Waals surface area contributed by atoms with E-state index in [4.69, 9.17) is 0 Å². The average molecular weight is 213 g/mol. The van der Waals surface area contributed by atoms with Gasteiger partial charge in [0.1, 0.15) is 10.0 Å². The highest BCUT2D eigenvalue weighted by molar-refractivity contribution is 7.11. The predicted molar refractivity (Wildman–Crippen MR) is 60.7 cm³/mol. The van der Waals surface area contributed by atoms with Crippen LogP contribution in [0.5, 0.6) is 0 Å². The van der Waals surface area contributed by atoms with Crippen molar-refractivity contribution in [1.82, 2.24) is 15.5 Å². The van der Waals surface area contributed by atoms with Crippen molar-refractivity contribution in [3.8, 4) is 0 Å². The summed E-state index contributed by atoms with van der Waals surface area (Å²) in [5, 5.41) is 13.7. The van der Waals surface area contributed by atoms with Crippen molar-refractivity contribution >= 4 is 11.3 Å². The molecule has 0 radical (unpaired) electrons. The van der Waals surface area contributed by atoms with Crippen LogP contribution in [0.2, 0.25) is 0 Å². The number of rotatable bonds is 5. The Bertz CT molecular complexity index is 270. The van der Waals surface area contributed by atoms with Crippen molar-refractivity contribution in [2.75, 3.05) is 7.05 Å². The van der Waals surface area contributed by atoms with Gasteiger partial charge in [0, 0.05) is 12.5 Å². The Balaban J connectivity index is 2.48. The highest BCUT2D eigenvalue weighted by Gasteiger charge is 2.11. The molecule has 1 heterocycles. The standard InChI is InChI=1S/C10H19N3S/c1-7(2)5-9(11-4)6-10-13-12-8(3)14-10/h7,9,11H,5-6H2,1-4H3. The second-order valence-corrected chi connectivity index (χ2v) is 5.30. The molecule has 1 aromatic heterocycles. The van der Waals surface area contributed by atoms with Gasteiger partial charge in [0.25, 0.3) is 0 Å². The Hall–Kier alpha value is -0.480. The lowest BCUT2D eigenvalue weighted by molar-refractivity contribution is 0.440. The summed E-state index contributed by atoms with van der Waals surface area (Å²) in [6.45, 7) is 6.49. The molecular weight excluding hydrogens is 194 g/mol. The maximum Gasteiger partial charge on any atom is 0.118 e. The molecule has 4 heteroatoms. The van der Waals surface area contributed by atoms with E-state index < -0.39 is 0 Å². The number of hydrogen-bond acceptors (Lipinski definition) is 4. The first-order chi connectivity index (χ1) is 6.61. The summed E-state index contributed by atoms with van der Waals surface area (Å²) in [5.41, 5.74) is 0. The van der Waals surface area contributed by atoms with Crippen LogP contribution in [0.4, 0.5) is 0 Å². The van der Waals surface area contributed by atoms with Gasteiger partial charge in [-0.3, -0.25) is 0 Å². The lowest BCUT2D eigenvalue weighted by Gasteiger charge is -2.16. The van der Waals surface area contributed by atoms with Crippen LogP contribution in [-0.4, -0.2) is 23.3 Å². The van der Waals surface area contributed by atoms with Gasteiger partial charge in [-0.25, -0.2) is 0 Å². The van der Waals surface area contributed by atoms with Crippen LogP contribution >= 0.6 is 11.3 Å². The molecule has 0 fully saturated rings. The molecule has 0 saturated carbocycles. The molecule has 80 valence electrons. The van der Waals surface area contributed by atoms with E-state index in [9.17, 15) is 0 Å². The highest BCUT2D eigenvalue weighted by atomic mass is 32.1. The van der Waals surface area contributed by atoms with Crippen molar-refractivity contribution in [3.63, 3.8) is 0 Å². The van der Waals surface area contributed by atoms with Crippen molar-refractivity contribution in [2.45, 2.75) is 39.7 Å². The third kappa shape index (κ3) is 3.72. The molecule has 1 atom stereocenters. The number of likely N-dealkylation sites (N-methyl/N-ethyl adjacent to an activating group) is 1. The normalized spacial score (nSPS) is 13.5. The SMILES string of the molecule is CNC(Cc1nnc(C)s1)CC(C)C. The van der Waals surface area contributed by atoms with Crippen LogP contribution in [0, 0.1) is 12.8 Å². The molecule has 1 N–H and O–H groups in total. The largest absolute Gasteiger partial charge is 0.317 e. The van der Waals surface area contributed by atoms with Gasteiger partial charge in [-0.2, -0.15) is 0 Å². The second-order valence-electron chi connectivity index (χ2n) is 4.03. The molecule has 0 amide bonds. The third-order valence-electron chi connectivity index (χ3n) is 2.15. The first kappa shape index (κ1) is 11.6. The molecule has 0 aliphatic heterocycles. The Labute approximate surface area is 89.9 Å². The molecule has 0 spiro atoms. The summed E-state index contributed by atoms with van der Waals surface area (Å²) >= 11 is 1.70. The van der Waals surface area contributed by atoms with Crippen LogP contribution in [0.3, 0.4) is 0 Å². The van der Waals surface area contributed by atoms with Gasteiger partial charge >= 0.3 is 0 Å². The van der Waals surface area contributed by atoms with Crippen LogP contribution in [-0.2, 0) is 6.42 Å². The first-order valence-corrected chi connectivity index (χ1v) is 5.89. The van der Waals surface area contributed by atoms with E-state index in [2.05, 4.69) is 29.4 Å². The lowest BCUT2D eigenvalue weighted by Crippen LogP contribution is -2.29. The maximum absolute atomic E-state index is 4.14. The summed E-state index contributed by atoms with van der Waals surface area (Å²) < 4.78 is 0. The van der Waals surface area contributed by atoms with E-state index in [-0.39, 0.29) is 0 Å². The van der Waals surface area contributed by atoms with Gasteiger partial charge in [-0.15, -0.1) is 21.5 Å². The number of hydrogen-bond donors (Lipinski definition) is 1. The summed E-state index contributed by atoms with van der Waals surface area (Å²) in [7, 11) is 2.01. The fourth-order valence-corrected chi connectivity index (χ4v) is 2.29. The predicted octanol–water partition coefficient (Wildman–Crippen LogP) is 2.02. The Morgan fingerprint density at radius 1 is 1.36 bits per heavy atom. The molecule has 0 saturated heterocycles. The molecule has 1 unspecified atom stereocenters. The second kappa shape index (κ2) is 5.41. The van der Waals surface area contributed by atoms with E-state index in [1.54, 1.807) is 11.3 Å². The molecule has 3 nitrogen and oxygen atoms in total. The topological polar surface area (TPSA) is 37.8 Å². The Morgan fingerprint density at radius 3 is 2.50 bits per heavy atom. The van der Waals surface area contributed by atoms with Gasteiger partial charge in [0.05, 0.1) is 0 Å². The van der Waals surface area contributed by atoms with E-state index in [0.717, 1.165) is 22.4 Å². The van der Waals surface area contributed by atoms with Gasteiger partial charge in [0.15, 0.2) is 0 Å². The zero-order valence-electron chi connectivity index (χ0n) is 9.37. The molecule has 14 heavy (non-hydrogen) atoms. The van der Waals surface area contributed by atoms with Crippen LogP contribution in [0.25, 0.3) is 0 Å². The molecule has 0 aromatic carbocycles. The number of aryl methyl sites for hydroxylation is 1. The molecule has 1 aromatic rings. The quantitative estimate of drug-likeness (QED) is 0.813. The van der Waals surface area contributed by atoms with Crippen molar-refractivity contribution in [1.29, 1.82) is 0 Å². The third-order valence-corrected chi connectivity index (χ3v) is 3.01. The minimum Gasteiger partial charge on any atom is -0.317 e. The van der Waals surface area contributed by atoms with Gasteiger partial charge in [0.2, 0.25) is 0 Å². The first-order valence-electron chi connectivity index (χ1n) is 5.08. The van der Waals surface area contributed by atoms with E-state index in [0.29, 0.717) is 6.04 Å². The monoisotopic (exact) mass is 213 g/mol. The number of aromatic nitrogens is 2. The van der Waals surface area contributed by atoms with Crippen molar-refractivity contribution in [2.24, 2.45) is 5.92 Å². The minimum absolute atomic E-state index is 0.530. The summed E-state index contributed by atoms with van der Waals surface area (Å²) in [6.07, 6.45) is 2.19. The summed E-state index contributed by atoms with van der Waals surface area (Å²) in [5.74, 6) is 0.724. The van der Waals surface area contributed by atoms with Crippen LogP contribution in [0.15, 0.2) is 0 Å². The van der Waals surface area contributed by atoms with E-state index in [1.165, 1.54) is 6.42 Å². The van der Waals surface area contributed by atoms with Crippen LogP contribution < -0.4 is 5.32 Å². The molecule has 0 aliphatic rings. The molecular formula is C10H19N3S. The Morgan fingerprint density at radius 2 is 2.07 bits per heavy atom. The van der Waals surface area contributed by atoms with E-state index in [1.807, 2.05) is 14.0 Å². The minimum atomic E-state index is 0.530. The molecule has 0 aliphatic carbocycles. The highest BCUT2D eigenvalue weighted by Crippen LogP contribution is 2.14. The van der Waals surface area contributed by atoms with Gasteiger partial charge in [-0.05, 0) is 26.3 Å². The zero-order chi connectivity index (χ0) is 10.6. The van der Waals surface area contributed by atoms with Crippen LogP contribution in [0.1, 0.15) is 30.3 Å². The van der Waals surface area contributed by atoms with Crippen molar-refractivity contribution in [3.05, 3.63) is 10.0 Å². The Kier molecular flexibility index (Phi) is 4.48. The summed E-state index contributed by atoms with van der Waals surface area (Å²) in [4.78, 5) is 0. The smallest absolute Gasteiger partial charge is 0.118 e. The van der Waals surface area contributed by atoms with E-state index >= 15 is 0 Å². The zero-order valence-corrected chi connectivity index (χ0v) is 10.2. The number of nitrogens with zero attached hydrogens (tertiary/aromatic N) is 2. The van der Waals surface area contributed by atoms with Crippen molar-refractivity contribution < 1.29 is 0 Å². The fraction of sp³-hybridized carbons (Fsp3) is 0.800. The number of nitrogens with one attached hydrogen (secondary N) is 1. The van der Waals surface area contributed by atoms with Gasteiger partial charge in [-0.1, -0.05) is 13.8 Å². The molecule has 0 bridgehead atoms. The van der Waals surface area contributed by atoms with Gasteiger partial charge < -0.3 is 5.32 Å². The molecule has 1 rings (SSSR count). The fourth-order valence-electron chi connectivity index (χ4n) is 1.50. The maximum atomic E-state index is 4.14.